The van der Waals surface area contributed by atoms with Gasteiger partial charge in [0.25, 0.3) is 0 Å². The van der Waals surface area contributed by atoms with Gasteiger partial charge in [-0.1, -0.05) is 6.07 Å². The van der Waals surface area contributed by atoms with E-state index in [1.54, 1.807) is 12.7 Å². The summed E-state index contributed by atoms with van der Waals surface area (Å²) >= 11 is 3.53. The first kappa shape index (κ1) is 13.2. The number of hydrogen-bond acceptors (Lipinski definition) is 4. The van der Waals surface area contributed by atoms with Crippen LogP contribution in [-0.2, 0) is 0 Å². The van der Waals surface area contributed by atoms with E-state index in [-0.39, 0.29) is 0 Å². The lowest BCUT2D eigenvalue weighted by molar-refractivity contribution is 0.618. The first-order valence-electron chi connectivity index (χ1n) is 6.73. The number of rotatable bonds is 2. The van der Waals surface area contributed by atoms with E-state index in [1.807, 2.05) is 47.9 Å². The lowest BCUT2D eigenvalue weighted by Crippen LogP contribution is -1.90. The molecule has 0 spiro atoms. The molecule has 0 saturated heterocycles. The van der Waals surface area contributed by atoms with E-state index in [2.05, 4.69) is 31.1 Å². The molecule has 4 rings (SSSR count). The van der Waals surface area contributed by atoms with Gasteiger partial charge in [0.05, 0.1) is 4.47 Å². The minimum Gasteiger partial charge on any atom is -0.435 e. The largest absolute Gasteiger partial charge is 0.435 e. The number of aryl methyl sites for hydroxylation is 1. The monoisotopic (exact) mass is 354 g/mol. The number of hydrogen-bond donors (Lipinski definition) is 0. The third-order valence-electron chi connectivity index (χ3n) is 3.40. The van der Waals surface area contributed by atoms with Crippen LogP contribution >= 0.6 is 15.9 Å². The Kier molecular flexibility index (Phi) is 3.04. The SMILES string of the molecule is Cc1cc(Br)c2oc(-c3cccc(-n4cnnc4)c3)nc2c1. The molecule has 0 aliphatic rings. The molecule has 0 bridgehead atoms. The summed E-state index contributed by atoms with van der Waals surface area (Å²) in [5, 5.41) is 7.65. The molecule has 5 nitrogen and oxygen atoms in total. The maximum absolute atomic E-state index is 5.91. The number of benzene rings is 2. The minimum atomic E-state index is 0.594. The Balaban J connectivity index is 1.85. The molecule has 4 aromatic rings. The molecule has 6 heteroatoms. The highest BCUT2D eigenvalue weighted by Crippen LogP contribution is 2.31. The van der Waals surface area contributed by atoms with Crippen LogP contribution in [-0.4, -0.2) is 19.7 Å². The van der Waals surface area contributed by atoms with E-state index >= 15 is 0 Å². The third kappa shape index (κ3) is 2.21. The van der Waals surface area contributed by atoms with Gasteiger partial charge in [-0.25, -0.2) is 4.98 Å². The molecule has 22 heavy (non-hydrogen) atoms. The van der Waals surface area contributed by atoms with Gasteiger partial charge in [0.15, 0.2) is 5.58 Å². The topological polar surface area (TPSA) is 56.7 Å². The smallest absolute Gasteiger partial charge is 0.227 e. The molecule has 0 amide bonds. The Morgan fingerprint density at radius 3 is 2.73 bits per heavy atom. The normalized spacial score (nSPS) is 11.2. The molecule has 0 radical (unpaired) electrons. The van der Waals surface area contributed by atoms with Gasteiger partial charge in [-0.2, -0.15) is 0 Å². The van der Waals surface area contributed by atoms with E-state index in [0.717, 1.165) is 32.4 Å². The molecule has 2 aromatic carbocycles. The van der Waals surface area contributed by atoms with E-state index in [9.17, 15) is 0 Å². The zero-order valence-corrected chi connectivity index (χ0v) is 13.3. The molecule has 0 aliphatic heterocycles. The number of aromatic nitrogens is 4. The standard InChI is InChI=1S/C16H11BrN4O/c1-10-5-13(17)15-14(6-10)20-16(22-15)11-3-2-4-12(7-11)21-8-18-19-9-21/h2-9H,1H3. The predicted molar refractivity (Wildman–Crippen MR) is 86.8 cm³/mol. The van der Waals surface area contributed by atoms with Crippen LogP contribution in [0.5, 0.6) is 0 Å². The Labute approximate surface area is 134 Å². The maximum atomic E-state index is 5.91. The number of nitrogens with zero attached hydrogens (tertiary/aromatic N) is 4. The molecule has 0 saturated carbocycles. The molecule has 0 atom stereocenters. The molecule has 0 unspecified atom stereocenters. The molecule has 0 N–H and O–H groups in total. The van der Waals surface area contributed by atoms with Gasteiger partial charge in [0.1, 0.15) is 18.2 Å². The van der Waals surface area contributed by atoms with Gasteiger partial charge in [-0.3, -0.25) is 4.57 Å². The molecule has 0 fully saturated rings. The van der Waals surface area contributed by atoms with Gasteiger partial charge < -0.3 is 4.42 Å². The van der Waals surface area contributed by atoms with Crippen LogP contribution in [0.1, 0.15) is 5.56 Å². The molecular formula is C16H11BrN4O. The van der Waals surface area contributed by atoms with Crippen molar-refractivity contribution >= 4 is 27.0 Å². The van der Waals surface area contributed by atoms with Gasteiger partial charge in [-0.15, -0.1) is 10.2 Å². The predicted octanol–water partition coefficient (Wildman–Crippen LogP) is 4.15. The van der Waals surface area contributed by atoms with E-state index in [0.29, 0.717) is 5.89 Å². The Morgan fingerprint density at radius 2 is 1.91 bits per heavy atom. The Bertz CT molecular complexity index is 960. The summed E-state index contributed by atoms with van der Waals surface area (Å²) in [4.78, 5) is 4.59. The molecule has 2 aromatic heterocycles. The van der Waals surface area contributed by atoms with Crippen LogP contribution < -0.4 is 0 Å². The summed E-state index contributed by atoms with van der Waals surface area (Å²) < 4.78 is 8.67. The maximum Gasteiger partial charge on any atom is 0.227 e. The molecular weight excluding hydrogens is 344 g/mol. The molecule has 108 valence electrons. The number of halogens is 1. The average molecular weight is 355 g/mol. The lowest BCUT2D eigenvalue weighted by Gasteiger charge is -2.02. The van der Waals surface area contributed by atoms with Crippen LogP contribution in [0, 0.1) is 6.92 Å². The van der Waals surface area contributed by atoms with Gasteiger partial charge in [-0.05, 0) is 58.7 Å². The van der Waals surface area contributed by atoms with Crippen molar-refractivity contribution in [3.05, 3.63) is 59.1 Å². The molecule has 0 aliphatic carbocycles. The fourth-order valence-corrected chi connectivity index (χ4v) is 3.03. The van der Waals surface area contributed by atoms with E-state index < -0.39 is 0 Å². The fraction of sp³-hybridized carbons (Fsp3) is 0.0625. The third-order valence-corrected chi connectivity index (χ3v) is 3.99. The summed E-state index contributed by atoms with van der Waals surface area (Å²) in [6, 6.07) is 11.9. The van der Waals surface area contributed by atoms with Gasteiger partial charge in [0, 0.05) is 11.3 Å². The summed E-state index contributed by atoms with van der Waals surface area (Å²) in [5.74, 6) is 0.594. The summed E-state index contributed by atoms with van der Waals surface area (Å²) in [5.41, 5.74) is 4.61. The zero-order chi connectivity index (χ0) is 15.1. The van der Waals surface area contributed by atoms with Crippen molar-refractivity contribution in [2.24, 2.45) is 0 Å². The summed E-state index contributed by atoms with van der Waals surface area (Å²) in [6.45, 7) is 2.03. The van der Waals surface area contributed by atoms with Crippen molar-refractivity contribution in [2.45, 2.75) is 6.92 Å². The van der Waals surface area contributed by atoms with Crippen molar-refractivity contribution in [1.29, 1.82) is 0 Å². The van der Waals surface area contributed by atoms with Crippen LogP contribution in [0.15, 0.2) is 57.9 Å². The first-order valence-corrected chi connectivity index (χ1v) is 7.52. The van der Waals surface area contributed by atoms with Gasteiger partial charge >= 0.3 is 0 Å². The Hall–Kier alpha value is -2.47. The summed E-state index contributed by atoms with van der Waals surface area (Å²) in [7, 11) is 0. The fourth-order valence-electron chi connectivity index (χ4n) is 2.38. The Morgan fingerprint density at radius 1 is 1.09 bits per heavy atom. The van der Waals surface area contributed by atoms with Crippen molar-refractivity contribution < 1.29 is 4.42 Å². The second kappa shape index (κ2) is 5.06. The molecule has 2 heterocycles. The van der Waals surface area contributed by atoms with Crippen molar-refractivity contribution in [3.8, 4) is 17.1 Å². The van der Waals surface area contributed by atoms with Crippen molar-refractivity contribution in [3.63, 3.8) is 0 Å². The second-order valence-corrected chi connectivity index (χ2v) is 5.89. The number of fused-ring (bicyclic) bond motifs is 1. The highest BCUT2D eigenvalue weighted by Gasteiger charge is 2.12. The van der Waals surface area contributed by atoms with Crippen molar-refractivity contribution in [1.82, 2.24) is 19.7 Å². The second-order valence-electron chi connectivity index (χ2n) is 5.03. The lowest BCUT2D eigenvalue weighted by atomic mass is 10.2. The van der Waals surface area contributed by atoms with Crippen LogP contribution in [0.2, 0.25) is 0 Å². The highest BCUT2D eigenvalue weighted by atomic mass is 79.9. The zero-order valence-electron chi connectivity index (χ0n) is 11.7. The highest BCUT2D eigenvalue weighted by molar-refractivity contribution is 9.10. The quantitative estimate of drug-likeness (QED) is 0.542. The summed E-state index contributed by atoms with van der Waals surface area (Å²) in [6.07, 6.45) is 3.32. The average Bonchev–Trinajstić information content (AvgIpc) is 3.16. The van der Waals surface area contributed by atoms with E-state index in [1.165, 1.54) is 0 Å². The van der Waals surface area contributed by atoms with Crippen LogP contribution in [0.25, 0.3) is 28.2 Å². The van der Waals surface area contributed by atoms with Crippen molar-refractivity contribution in [2.75, 3.05) is 0 Å². The first-order chi connectivity index (χ1) is 10.7. The van der Waals surface area contributed by atoms with E-state index in [4.69, 9.17) is 4.42 Å². The van der Waals surface area contributed by atoms with Crippen LogP contribution in [0.4, 0.5) is 0 Å². The number of oxazole rings is 1. The minimum absolute atomic E-state index is 0.594. The van der Waals surface area contributed by atoms with Gasteiger partial charge in [0.2, 0.25) is 5.89 Å². The van der Waals surface area contributed by atoms with Crippen LogP contribution in [0.3, 0.4) is 0 Å².